The predicted octanol–water partition coefficient (Wildman–Crippen LogP) is 5.30. The van der Waals surface area contributed by atoms with E-state index in [9.17, 15) is 10.2 Å². The number of hydrogen-bond donors (Lipinski definition) is 3. The Hall–Kier alpha value is -0.460. The van der Waals surface area contributed by atoms with Gasteiger partial charge in [0.25, 0.3) is 0 Å². The third-order valence-corrected chi connectivity index (χ3v) is 6.25. The third kappa shape index (κ3) is 14.3. The molecule has 0 aromatic carbocycles. The summed E-state index contributed by atoms with van der Waals surface area (Å²) < 4.78 is 11.0. The molecular weight excluding hydrogens is 392 g/mol. The molecule has 0 saturated carbocycles. The fourth-order valence-corrected chi connectivity index (χ4v) is 4.10. The lowest BCUT2D eigenvalue weighted by Gasteiger charge is -2.36. The van der Waals surface area contributed by atoms with E-state index < -0.39 is 24.4 Å². The molecule has 0 amide bonds. The molecule has 31 heavy (non-hydrogen) atoms. The molecule has 0 spiro atoms. The summed E-state index contributed by atoms with van der Waals surface area (Å²) in [6.07, 6.45) is 22.1. The summed E-state index contributed by atoms with van der Waals surface area (Å²) in [5, 5.41) is 28.9. The Morgan fingerprint density at radius 3 is 1.81 bits per heavy atom. The summed E-state index contributed by atoms with van der Waals surface area (Å²) in [4.78, 5) is 0. The number of ether oxygens (including phenoxy) is 2. The van der Waals surface area contributed by atoms with Crippen molar-refractivity contribution in [3.63, 3.8) is 0 Å². The third-order valence-electron chi connectivity index (χ3n) is 6.25. The molecule has 0 unspecified atom stereocenters. The second-order valence-electron chi connectivity index (χ2n) is 9.09. The van der Waals surface area contributed by atoms with Crippen molar-refractivity contribution in [1.29, 1.82) is 0 Å². The molecule has 184 valence electrons. The van der Waals surface area contributed by atoms with E-state index in [1.165, 1.54) is 89.9 Å². The largest absolute Gasteiger partial charge is 0.394 e. The van der Waals surface area contributed by atoms with Gasteiger partial charge in [-0.3, -0.25) is 0 Å². The number of rotatable bonds is 20. The van der Waals surface area contributed by atoms with Crippen LogP contribution in [0.5, 0.6) is 0 Å². The van der Waals surface area contributed by atoms with Crippen LogP contribution in [0, 0.1) is 0 Å². The smallest absolute Gasteiger partial charge is 0.111 e. The predicted molar refractivity (Wildman–Crippen MR) is 127 cm³/mol. The van der Waals surface area contributed by atoms with Crippen LogP contribution in [-0.4, -0.2) is 59.6 Å². The highest BCUT2D eigenvalue weighted by Gasteiger charge is 2.38. The zero-order valence-corrected chi connectivity index (χ0v) is 20.1. The highest BCUT2D eigenvalue weighted by Crippen LogP contribution is 2.18. The SMILES string of the molecule is CCCCC/C=C/CCCCCCCCCCCCCO[C@H]1CO[C@H](CO)[C@@H](O)[C@@H]1O. The van der Waals surface area contributed by atoms with Crippen molar-refractivity contribution in [2.45, 2.75) is 134 Å². The molecule has 1 saturated heterocycles. The van der Waals surface area contributed by atoms with Crippen molar-refractivity contribution in [2.75, 3.05) is 19.8 Å². The highest BCUT2D eigenvalue weighted by molar-refractivity contribution is 4.87. The van der Waals surface area contributed by atoms with Crippen molar-refractivity contribution in [3.05, 3.63) is 12.2 Å². The van der Waals surface area contributed by atoms with Gasteiger partial charge in [-0.05, 0) is 32.1 Å². The van der Waals surface area contributed by atoms with Crippen LogP contribution in [0.1, 0.15) is 110 Å². The topological polar surface area (TPSA) is 79.2 Å². The van der Waals surface area contributed by atoms with Crippen LogP contribution in [0.3, 0.4) is 0 Å². The maximum atomic E-state index is 10.0. The van der Waals surface area contributed by atoms with Gasteiger partial charge in [0, 0.05) is 6.61 Å². The van der Waals surface area contributed by atoms with Gasteiger partial charge in [0.2, 0.25) is 0 Å². The van der Waals surface area contributed by atoms with Crippen LogP contribution in [0.2, 0.25) is 0 Å². The number of unbranched alkanes of at least 4 members (excludes halogenated alkanes) is 14. The Balaban J connectivity index is 1.79. The summed E-state index contributed by atoms with van der Waals surface area (Å²) >= 11 is 0. The van der Waals surface area contributed by atoms with Crippen LogP contribution in [-0.2, 0) is 9.47 Å². The van der Waals surface area contributed by atoms with Crippen molar-refractivity contribution in [2.24, 2.45) is 0 Å². The van der Waals surface area contributed by atoms with Crippen molar-refractivity contribution < 1.29 is 24.8 Å². The Morgan fingerprint density at radius 1 is 0.742 bits per heavy atom. The minimum absolute atomic E-state index is 0.221. The van der Waals surface area contributed by atoms with Crippen LogP contribution >= 0.6 is 0 Å². The van der Waals surface area contributed by atoms with Gasteiger partial charge in [-0.2, -0.15) is 0 Å². The molecule has 1 fully saturated rings. The quantitative estimate of drug-likeness (QED) is 0.176. The molecule has 1 rings (SSSR count). The Morgan fingerprint density at radius 2 is 1.26 bits per heavy atom. The molecule has 4 atom stereocenters. The summed E-state index contributed by atoms with van der Waals surface area (Å²) in [5.41, 5.74) is 0. The second-order valence-corrected chi connectivity index (χ2v) is 9.09. The van der Waals surface area contributed by atoms with E-state index in [1.807, 2.05) is 0 Å². The van der Waals surface area contributed by atoms with Gasteiger partial charge in [0.15, 0.2) is 0 Å². The molecule has 0 bridgehead atoms. The fraction of sp³-hybridized carbons (Fsp3) is 0.923. The lowest BCUT2D eigenvalue weighted by atomic mass is 10.0. The summed E-state index contributed by atoms with van der Waals surface area (Å²) in [6.45, 7) is 2.77. The van der Waals surface area contributed by atoms with Crippen LogP contribution < -0.4 is 0 Å². The number of hydrogen-bond acceptors (Lipinski definition) is 5. The first kappa shape index (κ1) is 28.6. The number of aliphatic hydroxyl groups excluding tert-OH is 3. The van der Waals surface area contributed by atoms with E-state index in [4.69, 9.17) is 14.6 Å². The van der Waals surface area contributed by atoms with Gasteiger partial charge in [0.1, 0.15) is 24.4 Å². The number of aliphatic hydroxyl groups is 3. The molecule has 3 N–H and O–H groups in total. The molecule has 0 aliphatic carbocycles. The minimum Gasteiger partial charge on any atom is -0.394 e. The number of allylic oxidation sites excluding steroid dienone is 2. The van der Waals surface area contributed by atoms with E-state index >= 15 is 0 Å². The van der Waals surface area contributed by atoms with E-state index in [-0.39, 0.29) is 13.2 Å². The van der Waals surface area contributed by atoms with E-state index in [0.717, 1.165) is 12.8 Å². The monoisotopic (exact) mass is 442 g/mol. The van der Waals surface area contributed by atoms with Crippen LogP contribution in [0.25, 0.3) is 0 Å². The van der Waals surface area contributed by atoms with Crippen LogP contribution in [0.15, 0.2) is 12.2 Å². The average molecular weight is 443 g/mol. The Bertz CT molecular complexity index is 415. The molecule has 1 heterocycles. The molecule has 5 nitrogen and oxygen atoms in total. The zero-order chi connectivity index (χ0) is 22.6. The maximum absolute atomic E-state index is 10.0. The molecular formula is C26H50O5. The zero-order valence-electron chi connectivity index (χ0n) is 20.1. The highest BCUT2D eigenvalue weighted by atomic mass is 16.6. The minimum atomic E-state index is -1.08. The van der Waals surface area contributed by atoms with E-state index in [1.54, 1.807) is 0 Å². The molecule has 5 heteroatoms. The van der Waals surface area contributed by atoms with Crippen molar-refractivity contribution >= 4 is 0 Å². The van der Waals surface area contributed by atoms with Gasteiger partial charge in [-0.25, -0.2) is 0 Å². The van der Waals surface area contributed by atoms with Crippen LogP contribution in [0.4, 0.5) is 0 Å². The lowest BCUT2D eigenvalue weighted by molar-refractivity contribution is -0.208. The van der Waals surface area contributed by atoms with E-state index in [0.29, 0.717) is 6.61 Å². The van der Waals surface area contributed by atoms with Gasteiger partial charge >= 0.3 is 0 Å². The van der Waals surface area contributed by atoms with Crippen molar-refractivity contribution in [1.82, 2.24) is 0 Å². The fourth-order valence-electron chi connectivity index (χ4n) is 4.10. The molecule has 1 aliphatic heterocycles. The van der Waals surface area contributed by atoms with Gasteiger partial charge in [-0.1, -0.05) is 89.7 Å². The average Bonchev–Trinajstić information content (AvgIpc) is 2.78. The molecule has 0 radical (unpaired) electrons. The van der Waals surface area contributed by atoms with Gasteiger partial charge < -0.3 is 24.8 Å². The first-order valence-corrected chi connectivity index (χ1v) is 13.1. The Kier molecular flexibility index (Phi) is 18.6. The van der Waals surface area contributed by atoms with E-state index in [2.05, 4.69) is 19.1 Å². The Labute approximate surface area is 191 Å². The van der Waals surface area contributed by atoms with Gasteiger partial charge in [-0.15, -0.1) is 0 Å². The molecule has 0 aromatic heterocycles. The summed E-state index contributed by atoms with van der Waals surface area (Å²) in [7, 11) is 0. The first-order chi connectivity index (χ1) is 15.2. The molecule has 0 aromatic rings. The molecule has 1 aliphatic rings. The maximum Gasteiger partial charge on any atom is 0.111 e. The summed E-state index contributed by atoms with van der Waals surface area (Å²) in [6, 6.07) is 0. The second kappa shape index (κ2) is 20.2. The standard InChI is InChI=1S/C26H50O5/c1-2-3-4-5-6-7-8-9-10-11-12-13-14-15-16-17-18-19-20-30-24-22-31-23(21-27)25(28)26(24)29/h6-7,23-29H,2-5,8-22H2,1H3/b7-6+/t23-,24+,25-,26-/m1/s1. The van der Waals surface area contributed by atoms with Crippen molar-refractivity contribution in [3.8, 4) is 0 Å². The lowest BCUT2D eigenvalue weighted by Crippen LogP contribution is -2.55. The summed E-state index contributed by atoms with van der Waals surface area (Å²) in [5.74, 6) is 0. The van der Waals surface area contributed by atoms with Gasteiger partial charge in [0.05, 0.1) is 13.2 Å². The normalized spacial score (nSPS) is 24.3. The first-order valence-electron chi connectivity index (χ1n) is 13.1.